The van der Waals surface area contributed by atoms with E-state index in [0.29, 0.717) is 16.7 Å². The molecule has 2 aliphatic heterocycles. The van der Waals surface area contributed by atoms with Crippen LogP contribution >= 0.6 is 11.8 Å². The number of carbonyl (C=O) groups is 2. The molecule has 1 amide bonds. The van der Waals surface area contributed by atoms with Gasteiger partial charge in [-0.25, -0.2) is 9.59 Å². The zero-order valence-electron chi connectivity index (χ0n) is 23.9. The van der Waals surface area contributed by atoms with Crippen LogP contribution in [-0.4, -0.2) is 83.9 Å². The number of thioether (sulfide) groups is 1. The minimum atomic E-state index is -1.33. The summed E-state index contributed by atoms with van der Waals surface area (Å²) < 4.78 is 34.5. The Morgan fingerprint density at radius 1 is 0.927 bits per heavy atom. The normalized spacial score (nSPS) is 23.8. The summed E-state index contributed by atoms with van der Waals surface area (Å²) >= 11 is 1.15. The van der Waals surface area contributed by atoms with Gasteiger partial charge in [0.1, 0.15) is 40.8 Å². The highest BCUT2D eigenvalue weighted by molar-refractivity contribution is 8.14. The molecule has 0 aromatic heterocycles. The molecule has 0 aliphatic carbocycles. The third-order valence-electron chi connectivity index (χ3n) is 6.40. The van der Waals surface area contributed by atoms with Crippen LogP contribution in [0.25, 0.3) is 0 Å². The second kappa shape index (κ2) is 13.1. The van der Waals surface area contributed by atoms with Gasteiger partial charge in [-0.05, 0) is 56.2 Å². The number of aliphatic imine (C=N–C) groups is 1. The highest BCUT2D eigenvalue weighted by Gasteiger charge is 2.54. The Balaban J connectivity index is 1.60. The van der Waals surface area contributed by atoms with Crippen molar-refractivity contribution < 1.29 is 43.1 Å². The van der Waals surface area contributed by atoms with Crippen molar-refractivity contribution in [3.63, 3.8) is 0 Å². The maximum absolute atomic E-state index is 12.7. The number of aliphatic carboxylic acids is 1. The largest absolute Gasteiger partial charge is 0.497 e. The van der Waals surface area contributed by atoms with Gasteiger partial charge in [-0.15, -0.1) is 0 Å². The summed E-state index contributed by atoms with van der Waals surface area (Å²) in [6.07, 6.45) is -3.71. The van der Waals surface area contributed by atoms with Crippen molar-refractivity contribution in [3.05, 3.63) is 59.7 Å². The van der Waals surface area contributed by atoms with Gasteiger partial charge in [0, 0.05) is 7.05 Å². The monoisotopic (exact) mass is 588 g/mol. The molecule has 4 rings (SSSR count). The molecular weight excluding hydrogens is 552 g/mol. The van der Waals surface area contributed by atoms with E-state index < -0.39 is 47.5 Å². The van der Waals surface area contributed by atoms with E-state index in [4.69, 9.17) is 33.4 Å². The molecule has 0 saturated carbocycles. The number of benzene rings is 2. The second-order valence-electron chi connectivity index (χ2n) is 10.6. The molecule has 2 aromatic rings. The molecule has 2 heterocycles. The second-order valence-corrected chi connectivity index (χ2v) is 11.6. The molecule has 11 nitrogen and oxygen atoms in total. The lowest BCUT2D eigenvalue weighted by molar-refractivity contribution is -0.209. The highest BCUT2D eigenvalue weighted by atomic mass is 32.2. The number of rotatable bonds is 9. The van der Waals surface area contributed by atoms with Crippen LogP contribution in [0.5, 0.6) is 11.5 Å². The van der Waals surface area contributed by atoms with Crippen LogP contribution in [0, 0.1) is 0 Å². The Hall–Kier alpha value is -3.32. The number of amidine groups is 1. The Kier molecular flexibility index (Phi) is 9.80. The molecule has 1 N–H and O–H groups in total. The first-order chi connectivity index (χ1) is 19.5. The fourth-order valence-electron chi connectivity index (χ4n) is 4.29. The van der Waals surface area contributed by atoms with Crippen molar-refractivity contribution in [2.75, 3.05) is 21.3 Å². The lowest BCUT2D eigenvalue weighted by Gasteiger charge is -2.41. The van der Waals surface area contributed by atoms with Crippen LogP contribution in [0.15, 0.2) is 53.5 Å². The summed E-state index contributed by atoms with van der Waals surface area (Å²) in [4.78, 5) is 31.2. The Bertz CT molecular complexity index is 1230. The lowest BCUT2D eigenvalue weighted by Crippen LogP contribution is -2.59. The molecule has 222 valence electrons. The predicted octanol–water partition coefficient (Wildman–Crippen LogP) is 4.32. The number of hydrogen-bond acceptors (Lipinski definition) is 10. The van der Waals surface area contributed by atoms with E-state index in [1.165, 1.54) is 4.90 Å². The fraction of sp³-hybridized carbons (Fsp3) is 0.483. The number of fused-ring (bicyclic) bond motifs is 1. The van der Waals surface area contributed by atoms with Gasteiger partial charge in [0.2, 0.25) is 0 Å². The van der Waals surface area contributed by atoms with Gasteiger partial charge in [0.25, 0.3) is 0 Å². The Labute approximate surface area is 243 Å². The van der Waals surface area contributed by atoms with Gasteiger partial charge in [0.15, 0.2) is 11.3 Å². The molecule has 1 saturated heterocycles. The van der Waals surface area contributed by atoms with Crippen molar-refractivity contribution in [1.82, 2.24) is 4.90 Å². The summed E-state index contributed by atoms with van der Waals surface area (Å²) in [7, 11) is 4.72. The van der Waals surface area contributed by atoms with E-state index >= 15 is 0 Å². The zero-order chi connectivity index (χ0) is 29.7. The van der Waals surface area contributed by atoms with E-state index in [1.807, 2.05) is 36.4 Å². The SMILES string of the molecule is COc1ccc(CO[C@@H]2[C@H]3N=C(N(C)C(=O)OC(C)(C)C)S[C@H]3O[C@H](C(=O)O)[C@H]2OCc2ccc(OC)cc2)cc1. The molecule has 2 aliphatic rings. The minimum Gasteiger partial charge on any atom is -0.497 e. The Morgan fingerprint density at radius 2 is 1.44 bits per heavy atom. The molecule has 0 bridgehead atoms. The van der Waals surface area contributed by atoms with Crippen molar-refractivity contribution in [1.29, 1.82) is 0 Å². The molecule has 0 unspecified atom stereocenters. The van der Waals surface area contributed by atoms with Crippen LogP contribution in [0.1, 0.15) is 31.9 Å². The summed E-state index contributed by atoms with van der Waals surface area (Å²) in [5.41, 5.74) is 0.269. The van der Waals surface area contributed by atoms with Gasteiger partial charge in [0.05, 0.1) is 27.4 Å². The third kappa shape index (κ3) is 7.70. The summed E-state index contributed by atoms with van der Waals surface area (Å²) in [6.45, 7) is 5.61. The van der Waals surface area contributed by atoms with Crippen LogP contribution in [0.2, 0.25) is 0 Å². The van der Waals surface area contributed by atoms with E-state index in [1.54, 1.807) is 54.2 Å². The van der Waals surface area contributed by atoms with Crippen LogP contribution in [-0.2, 0) is 37.0 Å². The first kappa shape index (κ1) is 30.6. The summed E-state index contributed by atoms with van der Waals surface area (Å²) in [6, 6.07) is 14.0. The number of nitrogens with zero attached hydrogens (tertiary/aromatic N) is 2. The molecule has 0 radical (unpaired) electrons. The smallest absolute Gasteiger partial charge is 0.416 e. The maximum atomic E-state index is 12.7. The van der Waals surface area contributed by atoms with Crippen molar-refractivity contribution in [3.8, 4) is 11.5 Å². The summed E-state index contributed by atoms with van der Waals surface area (Å²) in [5, 5.41) is 10.5. The molecule has 5 atom stereocenters. The average molecular weight is 589 g/mol. The van der Waals surface area contributed by atoms with Crippen LogP contribution in [0.4, 0.5) is 4.79 Å². The van der Waals surface area contributed by atoms with Crippen LogP contribution in [0.3, 0.4) is 0 Å². The van der Waals surface area contributed by atoms with Gasteiger partial charge >= 0.3 is 12.1 Å². The van der Waals surface area contributed by atoms with E-state index in [9.17, 15) is 14.7 Å². The topological polar surface area (TPSA) is 125 Å². The number of methoxy groups -OCH3 is 2. The van der Waals surface area contributed by atoms with Crippen molar-refractivity contribution >= 4 is 29.0 Å². The zero-order valence-corrected chi connectivity index (χ0v) is 24.8. The quantitative estimate of drug-likeness (QED) is 0.453. The van der Waals surface area contributed by atoms with Crippen molar-refractivity contribution in [2.24, 2.45) is 4.99 Å². The number of carbonyl (C=O) groups excluding carboxylic acids is 1. The first-order valence-corrected chi connectivity index (χ1v) is 14.0. The summed E-state index contributed by atoms with van der Waals surface area (Å²) in [5.74, 6) is 0.217. The van der Waals surface area contributed by atoms with E-state index in [2.05, 4.69) is 0 Å². The molecule has 2 aromatic carbocycles. The first-order valence-electron chi connectivity index (χ1n) is 13.1. The number of carboxylic acids is 1. The number of ether oxygens (including phenoxy) is 6. The van der Waals surface area contributed by atoms with Gasteiger partial charge in [-0.2, -0.15) is 0 Å². The van der Waals surface area contributed by atoms with Crippen molar-refractivity contribution in [2.45, 2.75) is 69.4 Å². The van der Waals surface area contributed by atoms with E-state index in [-0.39, 0.29) is 13.2 Å². The van der Waals surface area contributed by atoms with Gasteiger partial charge in [-0.1, -0.05) is 36.0 Å². The number of carboxylic acid groups (broad SMARTS) is 1. The third-order valence-corrected chi connectivity index (χ3v) is 7.61. The fourth-order valence-corrected chi connectivity index (χ4v) is 5.45. The number of hydrogen-bond donors (Lipinski definition) is 1. The average Bonchev–Trinajstić information content (AvgIpc) is 3.38. The lowest BCUT2D eigenvalue weighted by atomic mass is 9.97. The molecular formula is C29H36N2O9S. The predicted molar refractivity (Wildman–Crippen MR) is 152 cm³/mol. The van der Waals surface area contributed by atoms with Gasteiger partial charge in [-0.3, -0.25) is 9.89 Å². The molecule has 12 heteroatoms. The Morgan fingerprint density at radius 3 is 1.90 bits per heavy atom. The maximum Gasteiger partial charge on any atom is 0.416 e. The molecule has 0 spiro atoms. The van der Waals surface area contributed by atoms with Crippen LogP contribution < -0.4 is 9.47 Å². The van der Waals surface area contributed by atoms with E-state index in [0.717, 1.165) is 22.9 Å². The van der Waals surface area contributed by atoms with Gasteiger partial charge < -0.3 is 33.5 Å². The minimum absolute atomic E-state index is 0.114. The highest BCUT2D eigenvalue weighted by Crippen LogP contribution is 2.40. The number of amides is 1. The molecule has 41 heavy (non-hydrogen) atoms. The molecule has 1 fully saturated rings. The standard InChI is InChI=1S/C29H36N2O9S/c1-29(2,3)40-28(34)31(4)27-30-21-22(37-15-17-7-11-19(35-5)12-8-17)23(24(25(32)33)39-26(21)41-27)38-16-18-9-13-20(36-6)14-10-18/h7-14,21-24,26H,15-16H2,1-6H3,(H,32,33)/t21-,22-,23+,24+,26-/m1/s1.